The number of allylic oxidation sites excluding steroid dienone is 8. The average molecular weight is 480 g/mol. The summed E-state index contributed by atoms with van der Waals surface area (Å²) in [7, 11) is 0. The molecule has 0 aromatic heterocycles. The van der Waals surface area contributed by atoms with Gasteiger partial charge in [0.05, 0.1) is 0 Å². The summed E-state index contributed by atoms with van der Waals surface area (Å²) in [5.41, 5.74) is 3.38. The molecule has 122 valence electrons. The van der Waals surface area contributed by atoms with Gasteiger partial charge in [-0.1, -0.05) is 0 Å². The topological polar surface area (TPSA) is 0 Å². The van der Waals surface area contributed by atoms with E-state index >= 15 is 0 Å². The van der Waals surface area contributed by atoms with Crippen molar-refractivity contribution in [1.29, 1.82) is 0 Å². The molecule has 0 aromatic carbocycles. The molecular weight excluding hydrogens is 452 g/mol. The Morgan fingerprint density at radius 1 is 0.818 bits per heavy atom. The molecule has 2 rings (SSSR count). The average Bonchev–Trinajstić information content (AvgIpc) is 2.97. The van der Waals surface area contributed by atoms with E-state index < -0.39 is 16.6 Å². The zero-order chi connectivity index (χ0) is 14.9. The predicted molar refractivity (Wildman–Crippen MR) is 88.7 cm³/mol. The molecule has 0 aromatic rings. The molecule has 22 heavy (non-hydrogen) atoms. The molecular formula is C18H28Br2SiTi. The molecule has 0 unspecified atom stereocenters. The molecule has 0 bridgehead atoms. The van der Waals surface area contributed by atoms with Crippen molar-refractivity contribution in [3.63, 3.8) is 0 Å². The Morgan fingerprint density at radius 3 is 1.45 bits per heavy atom. The monoisotopic (exact) mass is 478 g/mol. The van der Waals surface area contributed by atoms with Gasteiger partial charge in [-0.2, -0.15) is 0 Å². The second kappa shape index (κ2) is 9.98. The van der Waals surface area contributed by atoms with Crippen LogP contribution in [0.25, 0.3) is 0 Å². The van der Waals surface area contributed by atoms with Crippen LogP contribution in [0.2, 0.25) is 13.1 Å². The van der Waals surface area contributed by atoms with Crippen LogP contribution in [0.3, 0.4) is 0 Å². The van der Waals surface area contributed by atoms with Gasteiger partial charge in [-0.05, 0) is 0 Å². The zero-order valence-corrected chi connectivity index (χ0v) is 20.4. The van der Waals surface area contributed by atoms with Gasteiger partial charge in [0.1, 0.15) is 0 Å². The normalized spacial score (nSPS) is 16.1. The Labute approximate surface area is 164 Å². The first-order valence-corrected chi connectivity index (χ1v) is 14.3. The fourth-order valence-corrected chi connectivity index (χ4v) is 15.9. The quantitative estimate of drug-likeness (QED) is 0.481. The van der Waals surface area contributed by atoms with Crippen LogP contribution in [0.5, 0.6) is 0 Å². The van der Waals surface area contributed by atoms with Gasteiger partial charge in [0.25, 0.3) is 0 Å². The van der Waals surface area contributed by atoms with E-state index in [1.807, 2.05) is 7.76 Å². The van der Waals surface area contributed by atoms with Crippen molar-refractivity contribution in [3.05, 3.63) is 43.2 Å². The Balaban J connectivity index is 0.00000220. The van der Waals surface area contributed by atoms with Crippen molar-refractivity contribution >= 4 is 6.19 Å². The fourth-order valence-electron chi connectivity index (χ4n) is 3.40. The predicted octanol–water partition coefficient (Wildman–Crippen LogP) is -0.396. The van der Waals surface area contributed by atoms with Crippen LogP contribution < -0.4 is 34.0 Å². The van der Waals surface area contributed by atoms with Gasteiger partial charge in [-0.3, -0.25) is 0 Å². The largest absolute Gasteiger partial charge is 1.00 e. The van der Waals surface area contributed by atoms with E-state index in [2.05, 4.69) is 65.1 Å². The van der Waals surface area contributed by atoms with Gasteiger partial charge in [0.15, 0.2) is 0 Å². The van der Waals surface area contributed by atoms with Gasteiger partial charge in [-0.15, -0.1) is 0 Å². The van der Waals surface area contributed by atoms with Crippen LogP contribution in [-0.2, 0) is 16.6 Å². The summed E-state index contributed by atoms with van der Waals surface area (Å²) < 4.78 is 3.80. The smallest absolute Gasteiger partial charge is 1.00 e. The van der Waals surface area contributed by atoms with Crippen molar-refractivity contribution < 1.29 is 50.6 Å². The molecule has 0 nitrogen and oxygen atoms in total. The second-order valence-corrected chi connectivity index (χ2v) is 18.6. The SMILES string of the molecule is CC(C)C1=[C]([Ti+2]([C]2=C(C(C)C)C=CC2)=[Si](C)C)CC=C1.[Br-].[Br-]. The third-order valence-electron chi connectivity index (χ3n) is 4.28. The van der Waals surface area contributed by atoms with Crippen molar-refractivity contribution in [3.8, 4) is 0 Å². The van der Waals surface area contributed by atoms with Gasteiger partial charge in [0.2, 0.25) is 0 Å². The molecule has 0 spiro atoms. The molecule has 0 saturated heterocycles. The third kappa shape index (κ3) is 4.92. The van der Waals surface area contributed by atoms with Gasteiger partial charge in [0, 0.05) is 0 Å². The van der Waals surface area contributed by atoms with E-state index in [4.69, 9.17) is 0 Å². The first-order chi connectivity index (χ1) is 9.43. The van der Waals surface area contributed by atoms with Crippen LogP contribution in [0.15, 0.2) is 43.2 Å². The van der Waals surface area contributed by atoms with Gasteiger partial charge >= 0.3 is 131 Å². The van der Waals surface area contributed by atoms with Crippen molar-refractivity contribution in [2.75, 3.05) is 0 Å². The molecule has 4 heteroatoms. The van der Waals surface area contributed by atoms with E-state index in [0.29, 0.717) is 11.8 Å². The molecule has 0 amide bonds. The molecule has 2 aliphatic rings. The standard InChI is InChI=1S/2C8H11.C2H6Si.2BrH.Ti/c2*1-7(2)8-5-3-4-6-8;1-3-2;;;/h2*3,5,7H,4H2,1-2H3;1-2H3;2*1H;/q;;;;;+2/p-2. The molecule has 0 aliphatic heterocycles. The van der Waals surface area contributed by atoms with E-state index in [1.54, 1.807) is 11.1 Å². The summed E-state index contributed by atoms with van der Waals surface area (Å²) in [6, 6.07) is 0. The van der Waals surface area contributed by atoms with Crippen molar-refractivity contribution in [1.82, 2.24) is 0 Å². The molecule has 0 N–H and O–H groups in total. The minimum absolute atomic E-state index is 0. The Morgan fingerprint density at radius 2 is 1.18 bits per heavy atom. The number of hydrogen-bond acceptors (Lipinski definition) is 0. The first-order valence-electron chi connectivity index (χ1n) is 7.90. The van der Waals surface area contributed by atoms with E-state index in [9.17, 15) is 0 Å². The molecule has 0 fully saturated rings. The van der Waals surface area contributed by atoms with Crippen LogP contribution in [0, 0.1) is 11.8 Å². The summed E-state index contributed by atoms with van der Waals surface area (Å²) in [6.45, 7) is 14.6. The van der Waals surface area contributed by atoms with Gasteiger partial charge in [-0.25, -0.2) is 0 Å². The van der Waals surface area contributed by atoms with Crippen molar-refractivity contribution in [2.45, 2.75) is 53.6 Å². The first kappa shape index (κ1) is 22.9. The Hall–Kier alpha value is 0.851. The fraction of sp³-hybridized carbons (Fsp3) is 0.556. The molecule has 0 heterocycles. The molecule has 0 saturated carbocycles. The maximum absolute atomic E-state index is 2.56. The third-order valence-corrected chi connectivity index (χ3v) is 15.9. The molecule has 0 atom stereocenters. The number of halogens is 2. The Kier molecular flexibility index (Phi) is 10.4. The summed E-state index contributed by atoms with van der Waals surface area (Å²) >= 11 is -1.23. The minimum atomic E-state index is -1.23. The summed E-state index contributed by atoms with van der Waals surface area (Å²) in [6.07, 6.45) is 12.0. The molecule has 2 aliphatic carbocycles. The maximum Gasteiger partial charge on any atom is -1.00 e. The van der Waals surface area contributed by atoms with Gasteiger partial charge < -0.3 is 34.0 Å². The number of rotatable bonds is 4. The Bertz CT molecular complexity index is 516. The van der Waals surface area contributed by atoms with Crippen LogP contribution in [-0.4, -0.2) is 6.19 Å². The summed E-state index contributed by atoms with van der Waals surface area (Å²) in [4.78, 5) is 0. The van der Waals surface area contributed by atoms with Crippen LogP contribution in [0.1, 0.15) is 40.5 Å². The van der Waals surface area contributed by atoms with E-state index in [1.165, 1.54) is 12.8 Å². The minimum Gasteiger partial charge on any atom is -1.00 e. The zero-order valence-electron chi connectivity index (χ0n) is 14.6. The van der Waals surface area contributed by atoms with Crippen LogP contribution in [0.4, 0.5) is 0 Å². The van der Waals surface area contributed by atoms with E-state index in [0.717, 1.165) is 0 Å². The van der Waals surface area contributed by atoms with E-state index in [-0.39, 0.29) is 40.1 Å². The molecule has 0 radical (unpaired) electrons. The summed E-state index contributed by atoms with van der Waals surface area (Å²) in [5, 5.41) is 0. The van der Waals surface area contributed by atoms with Crippen LogP contribution >= 0.6 is 0 Å². The second-order valence-electron chi connectivity index (χ2n) is 6.77. The maximum atomic E-state index is 2.56. The summed E-state index contributed by atoms with van der Waals surface area (Å²) in [5.74, 6) is 1.40. The van der Waals surface area contributed by atoms with Crippen molar-refractivity contribution in [2.24, 2.45) is 11.8 Å². The number of hydrogen-bond donors (Lipinski definition) is 0.